The van der Waals surface area contributed by atoms with Gasteiger partial charge in [-0.15, -0.1) is 5.10 Å². The molecule has 2 heterocycles. The van der Waals surface area contributed by atoms with Crippen molar-refractivity contribution in [1.82, 2.24) is 35.4 Å². The number of nitrogens with two attached hydrogens (primary N) is 1. The van der Waals surface area contributed by atoms with Crippen molar-refractivity contribution in [3.8, 4) is 5.75 Å². The lowest BCUT2D eigenvalue weighted by molar-refractivity contribution is -0.139. The molecule has 14 nitrogen and oxygen atoms in total. The van der Waals surface area contributed by atoms with Crippen LogP contribution in [0.25, 0.3) is 0 Å². The number of carbonyl (C=O) groups excluding carboxylic acids is 2. The Morgan fingerprint density at radius 2 is 1.46 bits per heavy atom. The number of ether oxygens (including phenoxy) is 1. The molecule has 312 valence electrons. The lowest BCUT2D eigenvalue weighted by atomic mass is 10.1. The SMILES string of the molecule is NCCCCCCNC(=O)[C@@H]1C[C@H](n2cc(COc3ccc(C(NCc4ccccc4)P(=O)(O)O)cc3)nn2)CN1C(=O)CN(Cc1ccccc1)Cc1ccccc1. The summed E-state index contributed by atoms with van der Waals surface area (Å²) < 4.78 is 20.1. The van der Waals surface area contributed by atoms with Gasteiger partial charge in [0.2, 0.25) is 11.8 Å². The van der Waals surface area contributed by atoms with E-state index in [1.807, 2.05) is 91.0 Å². The molecule has 6 rings (SSSR count). The third-order valence-electron chi connectivity index (χ3n) is 10.4. The first-order valence-corrected chi connectivity index (χ1v) is 21.9. The van der Waals surface area contributed by atoms with Crippen LogP contribution >= 0.6 is 7.60 Å². The second-order valence-electron chi connectivity index (χ2n) is 15.0. The molecule has 1 saturated heterocycles. The van der Waals surface area contributed by atoms with Crippen molar-refractivity contribution >= 4 is 19.4 Å². The van der Waals surface area contributed by atoms with E-state index < -0.39 is 19.4 Å². The van der Waals surface area contributed by atoms with Crippen LogP contribution in [0.1, 0.15) is 71.9 Å². The van der Waals surface area contributed by atoms with E-state index in [4.69, 9.17) is 10.5 Å². The summed E-state index contributed by atoms with van der Waals surface area (Å²) >= 11 is 0. The fraction of sp³-hybridized carbons (Fsp3) is 0.364. The van der Waals surface area contributed by atoms with Gasteiger partial charge in [0, 0.05) is 39.1 Å². The number of nitrogens with zero attached hydrogens (tertiary/aromatic N) is 5. The van der Waals surface area contributed by atoms with Crippen LogP contribution in [0.15, 0.2) is 121 Å². The highest BCUT2D eigenvalue weighted by molar-refractivity contribution is 7.52. The van der Waals surface area contributed by atoms with Crippen molar-refractivity contribution in [3.05, 3.63) is 149 Å². The van der Waals surface area contributed by atoms with Gasteiger partial charge in [-0.2, -0.15) is 0 Å². The minimum atomic E-state index is -4.52. The molecule has 1 aliphatic rings. The van der Waals surface area contributed by atoms with Gasteiger partial charge in [0.1, 0.15) is 29.9 Å². The highest BCUT2D eigenvalue weighted by atomic mass is 31.2. The van der Waals surface area contributed by atoms with Crippen LogP contribution in [0.3, 0.4) is 0 Å². The summed E-state index contributed by atoms with van der Waals surface area (Å²) in [6.45, 7) is 3.12. The quantitative estimate of drug-likeness (QED) is 0.0450. The molecule has 4 aromatic carbocycles. The van der Waals surface area contributed by atoms with Gasteiger partial charge in [-0.05, 0) is 53.8 Å². The highest BCUT2D eigenvalue weighted by Crippen LogP contribution is 2.50. The summed E-state index contributed by atoms with van der Waals surface area (Å²) in [7, 11) is -4.52. The van der Waals surface area contributed by atoms with Crippen molar-refractivity contribution < 1.29 is 28.7 Å². The standard InChI is InChI=1S/C44H55N8O6P/c45-24-12-1-2-13-25-46-43(54)41-26-39(31-51(41)42(53)32-50(28-35-16-8-4-9-17-35)29-36-18-10-5-11-19-36)52-30-38(48-49-52)33-58-40-22-20-37(21-23-40)44(59(55,56)57)47-27-34-14-6-3-7-15-34/h3-11,14-23,30,39,41,44,47H,1-2,12-13,24-29,31-33,45H2,(H,46,54)(H2,55,56,57)/t39-,41-,44?/m0/s1. The van der Waals surface area contributed by atoms with Crippen LogP contribution < -0.4 is 21.1 Å². The maximum Gasteiger partial charge on any atom is 0.346 e. The van der Waals surface area contributed by atoms with Crippen molar-refractivity contribution in [1.29, 1.82) is 0 Å². The van der Waals surface area contributed by atoms with Gasteiger partial charge < -0.3 is 30.5 Å². The van der Waals surface area contributed by atoms with E-state index in [0.717, 1.165) is 42.4 Å². The van der Waals surface area contributed by atoms with Gasteiger partial charge in [-0.3, -0.25) is 24.4 Å². The Kier molecular flexibility index (Phi) is 15.9. The maximum absolute atomic E-state index is 14.2. The molecule has 0 aliphatic carbocycles. The molecule has 0 spiro atoms. The smallest absolute Gasteiger partial charge is 0.346 e. The summed E-state index contributed by atoms with van der Waals surface area (Å²) in [6, 6.07) is 35.1. The normalized spacial score (nSPS) is 16.0. The number of amides is 2. The second-order valence-corrected chi connectivity index (χ2v) is 16.7. The Hall–Kier alpha value is -5.21. The van der Waals surface area contributed by atoms with Gasteiger partial charge in [-0.1, -0.05) is 121 Å². The van der Waals surface area contributed by atoms with Crippen molar-refractivity contribution in [2.45, 2.75) is 76.2 Å². The molecule has 3 atom stereocenters. The Morgan fingerprint density at radius 1 is 0.847 bits per heavy atom. The van der Waals surface area contributed by atoms with Crippen LogP contribution in [-0.4, -0.2) is 78.6 Å². The molecule has 0 saturated carbocycles. The second kappa shape index (κ2) is 21.7. The molecule has 59 heavy (non-hydrogen) atoms. The van der Waals surface area contributed by atoms with E-state index >= 15 is 0 Å². The van der Waals surface area contributed by atoms with E-state index in [0.29, 0.717) is 62.7 Å². The third-order valence-corrected chi connectivity index (χ3v) is 11.5. The molecule has 2 amide bonds. The van der Waals surface area contributed by atoms with Crippen LogP contribution in [0.4, 0.5) is 0 Å². The lowest BCUT2D eigenvalue weighted by Gasteiger charge is -2.28. The molecule has 1 aromatic heterocycles. The summed E-state index contributed by atoms with van der Waals surface area (Å²) in [5, 5.41) is 14.8. The number of hydrogen-bond donors (Lipinski definition) is 5. The number of aromatic nitrogens is 3. The average Bonchev–Trinajstić information content (AvgIpc) is 3.91. The van der Waals surface area contributed by atoms with Gasteiger partial charge in [0.25, 0.3) is 0 Å². The largest absolute Gasteiger partial charge is 0.487 e. The molecular formula is C44H55N8O6P. The topological polar surface area (TPSA) is 188 Å². The van der Waals surface area contributed by atoms with Crippen LogP contribution in [0, 0.1) is 0 Å². The summed E-state index contributed by atoms with van der Waals surface area (Å²) in [5.41, 5.74) is 9.71. The van der Waals surface area contributed by atoms with Gasteiger partial charge in [0.05, 0.1) is 18.8 Å². The Bertz CT molecular complexity index is 2040. The molecule has 1 unspecified atom stereocenters. The van der Waals surface area contributed by atoms with E-state index in [-0.39, 0.29) is 31.0 Å². The van der Waals surface area contributed by atoms with Gasteiger partial charge >= 0.3 is 7.60 Å². The first-order chi connectivity index (χ1) is 28.7. The number of nitrogens with one attached hydrogen (secondary N) is 2. The zero-order valence-corrected chi connectivity index (χ0v) is 34.2. The Morgan fingerprint density at radius 3 is 2.07 bits per heavy atom. The number of unbranched alkanes of at least 4 members (excludes halogenated alkanes) is 3. The molecular weight excluding hydrogens is 768 g/mol. The summed E-state index contributed by atoms with van der Waals surface area (Å²) in [4.78, 5) is 51.9. The number of benzene rings is 4. The minimum Gasteiger partial charge on any atom is -0.487 e. The number of rotatable bonds is 22. The molecule has 1 aliphatic heterocycles. The first kappa shape index (κ1) is 43.4. The third kappa shape index (κ3) is 13.1. The van der Waals surface area contributed by atoms with E-state index in [9.17, 15) is 23.9 Å². The van der Waals surface area contributed by atoms with E-state index in [2.05, 4.69) is 25.8 Å². The average molecular weight is 823 g/mol. The Labute approximate surface area is 345 Å². The predicted octanol–water partition coefficient (Wildman–Crippen LogP) is 5.30. The number of carbonyl (C=O) groups is 2. The molecule has 1 fully saturated rings. The molecule has 6 N–H and O–H groups in total. The predicted molar refractivity (Wildman–Crippen MR) is 226 cm³/mol. The summed E-state index contributed by atoms with van der Waals surface area (Å²) in [6.07, 6.45) is 5.92. The van der Waals surface area contributed by atoms with Crippen LogP contribution in [0.2, 0.25) is 0 Å². The Balaban J connectivity index is 1.10. The zero-order chi connectivity index (χ0) is 41.5. The zero-order valence-electron chi connectivity index (χ0n) is 33.3. The van der Waals surface area contributed by atoms with E-state index in [1.54, 1.807) is 40.0 Å². The fourth-order valence-electron chi connectivity index (χ4n) is 7.32. The van der Waals surface area contributed by atoms with Crippen LogP contribution in [0.5, 0.6) is 5.75 Å². The summed E-state index contributed by atoms with van der Waals surface area (Å²) in [5.74, 6) is -1.01. The van der Waals surface area contributed by atoms with Crippen molar-refractivity contribution in [3.63, 3.8) is 0 Å². The number of likely N-dealkylation sites (tertiary alicyclic amines) is 1. The molecule has 0 bridgehead atoms. The first-order valence-electron chi connectivity index (χ1n) is 20.2. The lowest BCUT2D eigenvalue weighted by Crippen LogP contribution is -2.49. The molecule has 15 heteroatoms. The van der Waals surface area contributed by atoms with Crippen molar-refractivity contribution in [2.75, 3.05) is 26.2 Å². The van der Waals surface area contributed by atoms with Gasteiger partial charge in [-0.25, -0.2) is 4.68 Å². The molecule has 5 aromatic rings. The van der Waals surface area contributed by atoms with Gasteiger partial charge in [0.15, 0.2) is 0 Å². The van der Waals surface area contributed by atoms with Crippen LogP contribution in [-0.2, 0) is 40.4 Å². The monoisotopic (exact) mass is 822 g/mol. The number of hydrogen-bond acceptors (Lipinski definition) is 9. The highest BCUT2D eigenvalue weighted by Gasteiger charge is 2.41. The fourth-order valence-corrected chi connectivity index (χ4v) is 8.21. The minimum absolute atomic E-state index is 0.0882. The maximum atomic E-state index is 14.2. The van der Waals surface area contributed by atoms with E-state index in [1.165, 1.54) is 0 Å². The molecule has 0 radical (unpaired) electrons. The van der Waals surface area contributed by atoms with Crippen molar-refractivity contribution in [2.24, 2.45) is 5.73 Å².